The maximum Gasteiger partial charge on any atom is 0.235 e. The number of H-pyrrole nitrogens is 1. The molecule has 1 aliphatic rings. The van der Waals surface area contributed by atoms with E-state index in [1.807, 2.05) is 37.4 Å². The maximum absolute atomic E-state index is 12.4. The maximum atomic E-state index is 12.4. The monoisotopic (exact) mass is 355 g/mol. The Balaban J connectivity index is 1.72. The zero-order valence-corrected chi connectivity index (χ0v) is 14.9. The third kappa shape index (κ3) is 2.91. The predicted octanol–water partition coefficient (Wildman–Crippen LogP) is 4.09. The second-order valence-electron chi connectivity index (χ2n) is 6.52. The minimum atomic E-state index is -3.28. The number of rotatable bonds is 5. The minimum Gasteiger partial charge on any atom is -0.346 e. The standard InChI is InChI=1S/C19H21N3O2S/c1-2-13-12-14(16-8-10-20-19-17(16)9-11-21-19)6-7-18(13)22-25(23,24)15-4-3-5-15/h6-12,15,22H,2-5H2,1H3,(H,20,21). The van der Waals surface area contributed by atoms with E-state index in [-0.39, 0.29) is 5.25 Å². The first-order valence-electron chi connectivity index (χ1n) is 8.65. The van der Waals surface area contributed by atoms with Gasteiger partial charge in [0.2, 0.25) is 10.0 Å². The molecule has 0 unspecified atom stereocenters. The van der Waals surface area contributed by atoms with Gasteiger partial charge in [-0.25, -0.2) is 13.4 Å². The molecule has 1 fully saturated rings. The molecule has 1 aromatic carbocycles. The van der Waals surface area contributed by atoms with Crippen LogP contribution in [0, 0.1) is 0 Å². The smallest absolute Gasteiger partial charge is 0.235 e. The van der Waals surface area contributed by atoms with Gasteiger partial charge < -0.3 is 4.98 Å². The number of benzene rings is 1. The van der Waals surface area contributed by atoms with Crippen molar-refractivity contribution < 1.29 is 8.42 Å². The molecule has 6 heteroatoms. The molecule has 3 aromatic rings. The zero-order chi connectivity index (χ0) is 17.4. The van der Waals surface area contributed by atoms with Crippen LogP contribution in [0.5, 0.6) is 0 Å². The Kier molecular flexibility index (Phi) is 4.00. The number of aryl methyl sites for hydroxylation is 1. The van der Waals surface area contributed by atoms with Crippen LogP contribution in [0.3, 0.4) is 0 Å². The fraction of sp³-hybridized carbons (Fsp3) is 0.316. The topological polar surface area (TPSA) is 74.8 Å². The quantitative estimate of drug-likeness (QED) is 0.724. The molecule has 5 nitrogen and oxygen atoms in total. The van der Waals surface area contributed by atoms with Gasteiger partial charge in [-0.05, 0) is 60.2 Å². The van der Waals surface area contributed by atoms with E-state index in [9.17, 15) is 8.42 Å². The highest BCUT2D eigenvalue weighted by Gasteiger charge is 2.31. The number of hydrogen-bond acceptors (Lipinski definition) is 3. The Morgan fingerprint density at radius 1 is 1.24 bits per heavy atom. The first kappa shape index (κ1) is 16.1. The van der Waals surface area contributed by atoms with Crippen molar-refractivity contribution in [1.82, 2.24) is 9.97 Å². The third-order valence-corrected chi connectivity index (χ3v) is 6.85. The summed E-state index contributed by atoms with van der Waals surface area (Å²) >= 11 is 0. The van der Waals surface area contributed by atoms with Crippen molar-refractivity contribution in [3.8, 4) is 11.1 Å². The first-order valence-corrected chi connectivity index (χ1v) is 10.2. The lowest BCUT2D eigenvalue weighted by Gasteiger charge is -2.26. The predicted molar refractivity (Wildman–Crippen MR) is 101 cm³/mol. The van der Waals surface area contributed by atoms with Crippen LogP contribution in [0.4, 0.5) is 5.69 Å². The molecule has 0 spiro atoms. The summed E-state index contributed by atoms with van der Waals surface area (Å²) in [5.41, 5.74) is 4.70. The van der Waals surface area contributed by atoms with Gasteiger partial charge in [0.05, 0.1) is 10.9 Å². The summed E-state index contributed by atoms with van der Waals surface area (Å²) in [5.74, 6) is 0. The molecule has 0 aliphatic heterocycles. The summed E-state index contributed by atoms with van der Waals surface area (Å²) in [6.07, 6.45) is 6.95. The van der Waals surface area contributed by atoms with Crippen LogP contribution in [0.2, 0.25) is 0 Å². The molecular formula is C19H21N3O2S. The van der Waals surface area contributed by atoms with E-state index in [2.05, 4.69) is 20.8 Å². The lowest BCUT2D eigenvalue weighted by atomic mass is 9.99. The molecule has 2 N–H and O–H groups in total. The Morgan fingerprint density at radius 2 is 2.08 bits per heavy atom. The van der Waals surface area contributed by atoms with Crippen molar-refractivity contribution in [2.24, 2.45) is 0 Å². The van der Waals surface area contributed by atoms with E-state index in [0.717, 1.165) is 53.4 Å². The van der Waals surface area contributed by atoms with Crippen molar-refractivity contribution in [1.29, 1.82) is 0 Å². The van der Waals surface area contributed by atoms with Crippen LogP contribution in [0.25, 0.3) is 22.2 Å². The summed E-state index contributed by atoms with van der Waals surface area (Å²) in [4.78, 5) is 7.45. The summed E-state index contributed by atoms with van der Waals surface area (Å²) in [5, 5.41) is 0.823. The molecule has 4 rings (SSSR count). The van der Waals surface area contributed by atoms with Crippen molar-refractivity contribution in [2.45, 2.75) is 37.9 Å². The SMILES string of the molecule is CCc1cc(-c2ccnc3[nH]ccc23)ccc1NS(=O)(=O)C1CCC1. The lowest BCUT2D eigenvalue weighted by Crippen LogP contribution is -2.33. The van der Waals surface area contributed by atoms with Crippen molar-refractivity contribution >= 4 is 26.7 Å². The summed E-state index contributed by atoms with van der Waals surface area (Å²) in [7, 11) is -3.28. The Labute approximate surface area is 147 Å². The van der Waals surface area contributed by atoms with E-state index < -0.39 is 10.0 Å². The first-order chi connectivity index (χ1) is 12.1. The molecule has 0 atom stereocenters. The van der Waals surface area contributed by atoms with Crippen molar-refractivity contribution in [2.75, 3.05) is 4.72 Å². The van der Waals surface area contributed by atoms with Gasteiger partial charge in [-0.3, -0.25) is 4.72 Å². The van der Waals surface area contributed by atoms with E-state index in [1.54, 1.807) is 6.20 Å². The number of hydrogen-bond donors (Lipinski definition) is 2. The summed E-state index contributed by atoms with van der Waals surface area (Å²) in [6.45, 7) is 2.04. The number of nitrogens with zero attached hydrogens (tertiary/aromatic N) is 1. The summed E-state index contributed by atoms with van der Waals surface area (Å²) in [6, 6.07) is 9.92. The molecule has 0 saturated heterocycles. The fourth-order valence-corrected chi connectivity index (χ4v) is 4.91. The largest absolute Gasteiger partial charge is 0.346 e. The molecule has 130 valence electrons. The number of aromatic nitrogens is 2. The molecule has 0 radical (unpaired) electrons. The molecule has 1 aliphatic carbocycles. The van der Waals surface area contributed by atoms with E-state index in [4.69, 9.17) is 0 Å². The Morgan fingerprint density at radius 3 is 2.80 bits per heavy atom. The highest BCUT2D eigenvalue weighted by atomic mass is 32.2. The van der Waals surface area contributed by atoms with Gasteiger partial charge in [-0.15, -0.1) is 0 Å². The molecule has 1 saturated carbocycles. The molecule has 0 bridgehead atoms. The fourth-order valence-electron chi connectivity index (χ4n) is 3.28. The van der Waals surface area contributed by atoms with Crippen molar-refractivity contribution in [3.05, 3.63) is 48.3 Å². The number of anilines is 1. The van der Waals surface area contributed by atoms with Crippen LogP contribution in [-0.2, 0) is 16.4 Å². The summed E-state index contributed by atoms with van der Waals surface area (Å²) < 4.78 is 27.6. The van der Waals surface area contributed by atoms with Crippen LogP contribution in [0.15, 0.2) is 42.7 Å². The van der Waals surface area contributed by atoms with Crippen molar-refractivity contribution in [3.63, 3.8) is 0 Å². The van der Waals surface area contributed by atoms with E-state index in [1.165, 1.54) is 0 Å². The van der Waals surface area contributed by atoms with Gasteiger partial charge in [0.25, 0.3) is 0 Å². The second-order valence-corrected chi connectivity index (χ2v) is 8.48. The third-order valence-electron chi connectivity index (χ3n) is 5.00. The highest BCUT2D eigenvalue weighted by molar-refractivity contribution is 7.93. The van der Waals surface area contributed by atoms with Gasteiger partial charge in [0.15, 0.2) is 0 Å². The molecule has 25 heavy (non-hydrogen) atoms. The number of sulfonamides is 1. The number of nitrogens with one attached hydrogen (secondary N) is 2. The van der Waals surface area contributed by atoms with Crippen LogP contribution in [0.1, 0.15) is 31.7 Å². The van der Waals surface area contributed by atoms with Gasteiger partial charge >= 0.3 is 0 Å². The van der Waals surface area contributed by atoms with Gasteiger partial charge in [-0.1, -0.05) is 19.4 Å². The number of fused-ring (bicyclic) bond motifs is 1. The molecule has 0 amide bonds. The highest BCUT2D eigenvalue weighted by Crippen LogP contribution is 2.32. The normalized spacial score (nSPS) is 15.2. The molecular weight excluding hydrogens is 334 g/mol. The Bertz CT molecular complexity index is 1020. The average Bonchev–Trinajstić information content (AvgIpc) is 3.01. The minimum absolute atomic E-state index is 0.239. The zero-order valence-electron chi connectivity index (χ0n) is 14.1. The number of pyridine rings is 1. The van der Waals surface area contributed by atoms with Gasteiger partial charge in [0, 0.05) is 17.8 Å². The van der Waals surface area contributed by atoms with E-state index >= 15 is 0 Å². The van der Waals surface area contributed by atoms with Crippen LogP contribution >= 0.6 is 0 Å². The molecule has 2 heterocycles. The number of aromatic amines is 1. The van der Waals surface area contributed by atoms with Crippen LogP contribution < -0.4 is 4.72 Å². The van der Waals surface area contributed by atoms with E-state index in [0.29, 0.717) is 5.69 Å². The molecule has 2 aromatic heterocycles. The van der Waals surface area contributed by atoms with Gasteiger partial charge in [-0.2, -0.15) is 0 Å². The van der Waals surface area contributed by atoms with Gasteiger partial charge in [0.1, 0.15) is 5.65 Å². The average molecular weight is 355 g/mol. The second kappa shape index (κ2) is 6.19. The van der Waals surface area contributed by atoms with Crippen LogP contribution in [-0.4, -0.2) is 23.6 Å². The lowest BCUT2D eigenvalue weighted by molar-refractivity contribution is 0.479. The Hall–Kier alpha value is -2.34.